The van der Waals surface area contributed by atoms with Crippen molar-refractivity contribution in [2.24, 2.45) is 0 Å². The minimum Gasteiger partial charge on any atom is -0.389 e. The van der Waals surface area contributed by atoms with Crippen molar-refractivity contribution in [3.8, 4) is 0 Å². The molecule has 6 nitrogen and oxygen atoms in total. The molecule has 112 valence electrons. The lowest BCUT2D eigenvalue weighted by Gasteiger charge is -2.22. The van der Waals surface area contributed by atoms with Crippen LogP contribution in [0.4, 0.5) is 0 Å². The Hall–Kier alpha value is -1.73. The van der Waals surface area contributed by atoms with Crippen molar-refractivity contribution >= 4 is 17.2 Å². The second-order valence-corrected chi connectivity index (χ2v) is 6.22. The van der Waals surface area contributed by atoms with Gasteiger partial charge >= 0.3 is 0 Å². The molecule has 1 aliphatic rings. The number of aliphatic hydroxyl groups is 1. The van der Waals surface area contributed by atoms with Gasteiger partial charge in [-0.25, -0.2) is 9.97 Å². The molecule has 2 aromatic rings. The number of carbonyl (C=O) groups is 1. The van der Waals surface area contributed by atoms with Crippen LogP contribution in [0.1, 0.15) is 40.1 Å². The maximum Gasteiger partial charge on any atom is 0.263 e. The molecule has 0 spiro atoms. The number of hydrogen-bond acceptors (Lipinski definition) is 5. The number of amides is 1. The van der Waals surface area contributed by atoms with Crippen LogP contribution in [0.3, 0.4) is 0 Å². The number of nitrogens with zero attached hydrogens (tertiary/aromatic N) is 3. The fourth-order valence-corrected chi connectivity index (χ4v) is 3.62. The Morgan fingerprint density at radius 3 is 2.86 bits per heavy atom. The molecule has 0 saturated heterocycles. The van der Waals surface area contributed by atoms with Crippen LogP contribution < -0.4 is 5.32 Å². The molecule has 1 fully saturated rings. The van der Waals surface area contributed by atoms with Crippen molar-refractivity contribution in [2.75, 3.05) is 0 Å². The molecule has 21 heavy (non-hydrogen) atoms. The van der Waals surface area contributed by atoms with Gasteiger partial charge < -0.3 is 15.0 Å². The van der Waals surface area contributed by atoms with Gasteiger partial charge in [-0.15, -0.1) is 11.3 Å². The van der Waals surface area contributed by atoms with Gasteiger partial charge in [0.05, 0.1) is 29.4 Å². The number of imidazole rings is 1. The minimum atomic E-state index is -0.602. The van der Waals surface area contributed by atoms with Gasteiger partial charge in [0.15, 0.2) is 0 Å². The van der Waals surface area contributed by atoms with Gasteiger partial charge in [0.1, 0.15) is 10.7 Å². The van der Waals surface area contributed by atoms with E-state index in [0.717, 1.165) is 24.4 Å². The summed E-state index contributed by atoms with van der Waals surface area (Å²) in [5.74, 6) is 0.728. The molecule has 1 saturated carbocycles. The number of aryl methyl sites for hydroxylation is 2. The smallest absolute Gasteiger partial charge is 0.263 e. The average molecular weight is 306 g/mol. The second-order valence-electron chi connectivity index (χ2n) is 5.36. The summed E-state index contributed by atoms with van der Waals surface area (Å²) < 4.78 is 1.98. The quantitative estimate of drug-likeness (QED) is 0.899. The molecule has 2 aromatic heterocycles. The summed E-state index contributed by atoms with van der Waals surface area (Å²) in [4.78, 5) is 21.1. The van der Waals surface area contributed by atoms with E-state index < -0.39 is 6.10 Å². The molecular weight excluding hydrogens is 288 g/mol. The number of hydrogen-bond donors (Lipinski definition) is 2. The minimum absolute atomic E-state index is 0.0274. The van der Waals surface area contributed by atoms with Gasteiger partial charge in [-0.3, -0.25) is 4.79 Å². The Morgan fingerprint density at radius 1 is 1.43 bits per heavy atom. The zero-order chi connectivity index (χ0) is 15.0. The second kappa shape index (κ2) is 5.57. The van der Waals surface area contributed by atoms with Crippen LogP contribution in [0.15, 0.2) is 17.9 Å². The van der Waals surface area contributed by atoms with Gasteiger partial charge in [-0.1, -0.05) is 0 Å². The first-order valence-electron chi connectivity index (χ1n) is 6.96. The highest BCUT2D eigenvalue weighted by atomic mass is 32.1. The predicted molar refractivity (Wildman–Crippen MR) is 79.3 cm³/mol. The van der Waals surface area contributed by atoms with Crippen LogP contribution in [0.25, 0.3) is 0 Å². The summed E-state index contributed by atoms with van der Waals surface area (Å²) in [5, 5.41) is 13.4. The molecule has 0 aliphatic heterocycles. The number of aliphatic hydroxyl groups excluding tert-OH is 1. The first kappa shape index (κ1) is 14.2. The molecule has 0 bridgehead atoms. The van der Waals surface area contributed by atoms with E-state index in [4.69, 9.17) is 0 Å². The van der Waals surface area contributed by atoms with E-state index >= 15 is 0 Å². The predicted octanol–water partition coefficient (Wildman–Crippen LogP) is 1.45. The van der Waals surface area contributed by atoms with E-state index in [0.29, 0.717) is 4.88 Å². The molecule has 0 aromatic carbocycles. The number of nitrogens with one attached hydrogen (secondary N) is 1. The van der Waals surface area contributed by atoms with Crippen molar-refractivity contribution in [3.05, 3.63) is 34.3 Å². The van der Waals surface area contributed by atoms with E-state index in [2.05, 4.69) is 15.3 Å². The highest BCUT2D eigenvalue weighted by molar-refractivity contribution is 7.11. The largest absolute Gasteiger partial charge is 0.389 e. The number of aromatic nitrogens is 3. The van der Waals surface area contributed by atoms with Crippen LogP contribution in [0.2, 0.25) is 0 Å². The molecular formula is C14H18N4O2S. The normalized spacial score (nSPS) is 25.2. The van der Waals surface area contributed by atoms with Crippen LogP contribution in [-0.4, -0.2) is 37.7 Å². The maximum atomic E-state index is 12.2. The van der Waals surface area contributed by atoms with E-state index in [1.807, 2.05) is 24.6 Å². The van der Waals surface area contributed by atoms with Gasteiger partial charge in [0, 0.05) is 12.4 Å². The molecule has 0 radical (unpaired) electrons. The summed E-state index contributed by atoms with van der Waals surface area (Å²) in [7, 11) is 0. The molecule has 2 heterocycles. The Kier molecular flexibility index (Phi) is 3.77. The zero-order valence-electron chi connectivity index (χ0n) is 12.0. The lowest BCUT2D eigenvalue weighted by atomic mass is 10.1. The molecule has 1 aliphatic carbocycles. The summed E-state index contributed by atoms with van der Waals surface area (Å²) in [6, 6.07) is -0.258. The van der Waals surface area contributed by atoms with Crippen molar-refractivity contribution < 1.29 is 9.90 Å². The Labute approximate surface area is 126 Å². The number of rotatable bonds is 3. The van der Waals surface area contributed by atoms with Crippen molar-refractivity contribution in [2.45, 2.75) is 44.9 Å². The van der Waals surface area contributed by atoms with Crippen LogP contribution >= 0.6 is 11.3 Å². The third-order valence-electron chi connectivity index (χ3n) is 4.07. The van der Waals surface area contributed by atoms with E-state index in [1.165, 1.54) is 11.3 Å². The highest BCUT2D eigenvalue weighted by Crippen LogP contribution is 2.31. The molecule has 3 atom stereocenters. The summed E-state index contributed by atoms with van der Waals surface area (Å²) in [5.41, 5.74) is 2.39. The average Bonchev–Trinajstić information content (AvgIpc) is 3.13. The molecule has 1 amide bonds. The SMILES string of the molecule is Cc1ncsc1C(=O)N[C@@H]1CC[C@@H](n2ccnc2C)[C@@H]1O. The molecule has 3 rings (SSSR count). The Balaban J connectivity index is 1.70. The lowest BCUT2D eigenvalue weighted by molar-refractivity contribution is 0.0814. The zero-order valence-corrected chi connectivity index (χ0v) is 12.8. The van der Waals surface area contributed by atoms with Gasteiger partial charge in [-0.05, 0) is 26.7 Å². The van der Waals surface area contributed by atoms with Crippen LogP contribution in [0, 0.1) is 13.8 Å². The van der Waals surface area contributed by atoms with Crippen molar-refractivity contribution in [1.82, 2.24) is 19.9 Å². The number of thiazole rings is 1. The first-order valence-corrected chi connectivity index (χ1v) is 7.84. The molecule has 0 unspecified atom stereocenters. The topological polar surface area (TPSA) is 80.0 Å². The first-order chi connectivity index (χ1) is 10.1. The maximum absolute atomic E-state index is 12.2. The number of carbonyl (C=O) groups excluding carboxylic acids is 1. The van der Waals surface area contributed by atoms with Crippen molar-refractivity contribution in [1.29, 1.82) is 0 Å². The van der Waals surface area contributed by atoms with Crippen molar-refractivity contribution in [3.63, 3.8) is 0 Å². The standard InChI is InChI=1S/C14H18N4O2S/c1-8-13(21-7-16-8)14(20)17-10-3-4-11(12(10)19)18-6-5-15-9(18)2/h5-7,10-12,19H,3-4H2,1-2H3,(H,17,20)/t10-,11-,12-/m1/s1. The fourth-order valence-electron chi connectivity index (χ4n) is 2.91. The third-order valence-corrected chi connectivity index (χ3v) is 5.00. The molecule has 7 heteroatoms. The van der Waals surface area contributed by atoms with Crippen LogP contribution in [0.5, 0.6) is 0 Å². The summed E-state index contributed by atoms with van der Waals surface area (Å²) in [6.45, 7) is 3.73. The van der Waals surface area contributed by atoms with E-state index in [-0.39, 0.29) is 18.0 Å². The lowest BCUT2D eigenvalue weighted by Crippen LogP contribution is -2.42. The van der Waals surface area contributed by atoms with Gasteiger partial charge in [0.2, 0.25) is 0 Å². The van der Waals surface area contributed by atoms with E-state index in [1.54, 1.807) is 11.7 Å². The third kappa shape index (κ3) is 2.58. The van der Waals surface area contributed by atoms with Gasteiger partial charge in [-0.2, -0.15) is 0 Å². The molecule has 2 N–H and O–H groups in total. The summed E-state index contributed by atoms with van der Waals surface area (Å²) >= 11 is 1.32. The van der Waals surface area contributed by atoms with Crippen LogP contribution in [-0.2, 0) is 0 Å². The Bertz CT molecular complexity index is 651. The highest BCUT2D eigenvalue weighted by Gasteiger charge is 2.37. The van der Waals surface area contributed by atoms with Gasteiger partial charge in [0.25, 0.3) is 5.91 Å². The fraction of sp³-hybridized carbons (Fsp3) is 0.500. The summed E-state index contributed by atoms with van der Waals surface area (Å²) in [6.07, 6.45) is 4.59. The van der Waals surface area contributed by atoms with E-state index in [9.17, 15) is 9.90 Å². The Morgan fingerprint density at radius 2 is 2.24 bits per heavy atom. The monoisotopic (exact) mass is 306 g/mol.